The van der Waals surface area contributed by atoms with E-state index in [1.54, 1.807) is 0 Å². The van der Waals surface area contributed by atoms with Gasteiger partial charge in [-0.05, 0) is 24.0 Å². The Morgan fingerprint density at radius 2 is 1.89 bits per heavy atom. The monoisotopic (exact) mass is 246 g/mol. The summed E-state index contributed by atoms with van der Waals surface area (Å²) in [6, 6.07) is 6.48. The summed E-state index contributed by atoms with van der Waals surface area (Å²) >= 11 is 0. The maximum absolute atomic E-state index is 11.8. The van der Waals surface area contributed by atoms with Crippen LogP contribution in [-0.2, 0) is 17.6 Å². The minimum atomic E-state index is 0.278. The highest BCUT2D eigenvalue weighted by atomic mass is 16.1. The normalized spacial score (nSPS) is 16.8. The molecule has 0 saturated carbocycles. The van der Waals surface area contributed by atoms with Crippen LogP contribution >= 0.6 is 0 Å². The van der Waals surface area contributed by atoms with Gasteiger partial charge in [0.1, 0.15) is 0 Å². The molecular formula is C15H22N2O. The number of aryl methyl sites for hydroxylation is 2. The summed E-state index contributed by atoms with van der Waals surface area (Å²) < 4.78 is 0. The van der Waals surface area contributed by atoms with Crippen molar-refractivity contribution in [2.75, 3.05) is 31.1 Å². The van der Waals surface area contributed by atoms with E-state index in [2.05, 4.69) is 42.3 Å². The van der Waals surface area contributed by atoms with Gasteiger partial charge in [-0.3, -0.25) is 4.79 Å². The zero-order valence-corrected chi connectivity index (χ0v) is 11.3. The van der Waals surface area contributed by atoms with E-state index in [-0.39, 0.29) is 5.78 Å². The number of nitrogens with one attached hydrogen (secondary N) is 1. The van der Waals surface area contributed by atoms with Crippen LogP contribution in [0.4, 0.5) is 5.69 Å². The number of anilines is 1. The Kier molecular flexibility index (Phi) is 4.37. The molecule has 3 heteroatoms. The van der Waals surface area contributed by atoms with E-state index >= 15 is 0 Å². The van der Waals surface area contributed by atoms with E-state index < -0.39 is 0 Å². The van der Waals surface area contributed by atoms with Crippen LogP contribution in [0.1, 0.15) is 25.0 Å². The smallest absolute Gasteiger partial charge is 0.165 e. The van der Waals surface area contributed by atoms with E-state index in [0.29, 0.717) is 13.1 Å². The Balaban J connectivity index is 2.37. The molecule has 3 nitrogen and oxygen atoms in total. The number of benzene rings is 1. The van der Waals surface area contributed by atoms with E-state index in [0.717, 1.165) is 25.9 Å². The largest absolute Gasteiger partial charge is 0.362 e. The van der Waals surface area contributed by atoms with Gasteiger partial charge >= 0.3 is 0 Å². The van der Waals surface area contributed by atoms with Crippen molar-refractivity contribution in [3.63, 3.8) is 0 Å². The standard InChI is InChI=1S/C15H22N2O/c1-3-12-6-5-7-13(4-2)15(12)17-9-8-16-10-14(18)11-17/h5-7,16H,3-4,8-11H2,1-2H3. The Labute approximate surface area is 109 Å². The molecule has 0 unspecified atom stereocenters. The highest BCUT2D eigenvalue weighted by Crippen LogP contribution is 2.27. The van der Waals surface area contributed by atoms with Crippen LogP contribution in [0.15, 0.2) is 18.2 Å². The van der Waals surface area contributed by atoms with Gasteiger partial charge in [-0.2, -0.15) is 0 Å². The minimum Gasteiger partial charge on any atom is -0.362 e. The molecule has 18 heavy (non-hydrogen) atoms. The second-order valence-electron chi connectivity index (χ2n) is 4.77. The molecule has 0 radical (unpaired) electrons. The summed E-state index contributed by atoms with van der Waals surface area (Å²) in [6.45, 7) is 7.19. The predicted octanol–water partition coefficient (Wildman–Crippen LogP) is 1.79. The molecule has 0 bridgehead atoms. The molecule has 0 spiro atoms. The number of rotatable bonds is 3. The number of para-hydroxylation sites is 1. The van der Waals surface area contributed by atoms with Crippen molar-refractivity contribution in [1.29, 1.82) is 0 Å². The molecule has 1 aliphatic heterocycles. The number of carbonyl (C=O) groups excluding carboxylic acids is 1. The average molecular weight is 246 g/mol. The fraction of sp³-hybridized carbons (Fsp3) is 0.533. The first-order valence-corrected chi connectivity index (χ1v) is 6.84. The second-order valence-corrected chi connectivity index (χ2v) is 4.77. The van der Waals surface area contributed by atoms with E-state index in [9.17, 15) is 4.79 Å². The van der Waals surface area contributed by atoms with Gasteiger partial charge in [0.25, 0.3) is 0 Å². The minimum absolute atomic E-state index is 0.278. The van der Waals surface area contributed by atoms with Crippen LogP contribution < -0.4 is 10.2 Å². The summed E-state index contributed by atoms with van der Waals surface area (Å²) in [5.41, 5.74) is 3.99. The van der Waals surface area contributed by atoms with Gasteiger partial charge in [0.2, 0.25) is 0 Å². The lowest BCUT2D eigenvalue weighted by molar-refractivity contribution is -0.116. The van der Waals surface area contributed by atoms with Gasteiger partial charge in [-0.1, -0.05) is 32.0 Å². The van der Waals surface area contributed by atoms with Crippen molar-refractivity contribution < 1.29 is 4.79 Å². The maximum atomic E-state index is 11.8. The van der Waals surface area contributed by atoms with Crippen LogP contribution in [0.3, 0.4) is 0 Å². The van der Waals surface area contributed by atoms with Crippen molar-refractivity contribution in [2.24, 2.45) is 0 Å². The molecule has 0 amide bonds. The molecule has 1 aromatic rings. The summed E-state index contributed by atoms with van der Waals surface area (Å²) in [7, 11) is 0. The number of ketones is 1. The van der Waals surface area contributed by atoms with Crippen molar-refractivity contribution in [3.05, 3.63) is 29.3 Å². The van der Waals surface area contributed by atoms with Crippen molar-refractivity contribution in [2.45, 2.75) is 26.7 Å². The lowest BCUT2D eigenvalue weighted by Crippen LogP contribution is -2.31. The molecule has 98 valence electrons. The van der Waals surface area contributed by atoms with Gasteiger partial charge in [0, 0.05) is 18.8 Å². The fourth-order valence-corrected chi connectivity index (χ4v) is 2.60. The van der Waals surface area contributed by atoms with Crippen LogP contribution in [0, 0.1) is 0 Å². The first kappa shape index (κ1) is 13.1. The van der Waals surface area contributed by atoms with E-state index in [1.807, 2.05) is 0 Å². The maximum Gasteiger partial charge on any atom is 0.165 e. The number of hydrogen-bond donors (Lipinski definition) is 1. The molecule has 1 N–H and O–H groups in total. The SMILES string of the molecule is CCc1cccc(CC)c1N1CCNCC(=O)C1. The fourth-order valence-electron chi connectivity index (χ4n) is 2.60. The van der Waals surface area contributed by atoms with Crippen LogP contribution in [0.2, 0.25) is 0 Å². The third kappa shape index (κ3) is 2.72. The quantitative estimate of drug-likeness (QED) is 0.882. The summed E-state index contributed by atoms with van der Waals surface area (Å²) in [6.07, 6.45) is 2.03. The van der Waals surface area contributed by atoms with E-state index in [1.165, 1.54) is 16.8 Å². The van der Waals surface area contributed by atoms with Crippen molar-refractivity contribution in [3.8, 4) is 0 Å². The molecule has 0 aliphatic carbocycles. The summed E-state index contributed by atoms with van der Waals surface area (Å²) in [5, 5.41) is 3.18. The number of hydrogen-bond acceptors (Lipinski definition) is 3. The predicted molar refractivity (Wildman–Crippen MR) is 75.3 cm³/mol. The molecule has 1 aliphatic rings. The second kappa shape index (κ2) is 6.01. The topological polar surface area (TPSA) is 32.3 Å². The molecule has 1 heterocycles. The zero-order valence-electron chi connectivity index (χ0n) is 11.3. The Morgan fingerprint density at radius 3 is 2.50 bits per heavy atom. The van der Waals surface area contributed by atoms with Gasteiger partial charge in [-0.15, -0.1) is 0 Å². The molecule has 1 saturated heterocycles. The number of Topliss-reactive ketones (excluding diaryl/α,β-unsaturated/α-hetero) is 1. The summed E-state index contributed by atoms with van der Waals surface area (Å²) in [5.74, 6) is 0.278. The van der Waals surface area contributed by atoms with Crippen molar-refractivity contribution in [1.82, 2.24) is 5.32 Å². The third-order valence-electron chi connectivity index (χ3n) is 3.53. The first-order chi connectivity index (χ1) is 8.76. The molecule has 1 fully saturated rings. The summed E-state index contributed by atoms with van der Waals surface area (Å²) in [4.78, 5) is 14.0. The number of nitrogens with zero attached hydrogens (tertiary/aromatic N) is 1. The lowest BCUT2D eigenvalue weighted by atomic mass is 10.0. The molecule has 1 aromatic carbocycles. The van der Waals surface area contributed by atoms with Gasteiger partial charge in [0.05, 0.1) is 13.1 Å². The van der Waals surface area contributed by atoms with Crippen LogP contribution in [0.5, 0.6) is 0 Å². The van der Waals surface area contributed by atoms with Crippen LogP contribution in [0.25, 0.3) is 0 Å². The number of carbonyl (C=O) groups is 1. The Bertz CT molecular complexity index is 406. The van der Waals surface area contributed by atoms with Gasteiger partial charge in [-0.25, -0.2) is 0 Å². The van der Waals surface area contributed by atoms with Gasteiger partial charge < -0.3 is 10.2 Å². The molecule has 0 atom stereocenters. The lowest BCUT2D eigenvalue weighted by Gasteiger charge is -2.27. The molecular weight excluding hydrogens is 224 g/mol. The molecule has 0 aromatic heterocycles. The zero-order chi connectivity index (χ0) is 13.0. The van der Waals surface area contributed by atoms with Crippen LogP contribution in [-0.4, -0.2) is 32.0 Å². The average Bonchev–Trinajstić information content (AvgIpc) is 2.62. The molecule has 2 rings (SSSR count). The van der Waals surface area contributed by atoms with E-state index in [4.69, 9.17) is 0 Å². The van der Waals surface area contributed by atoms with Gasteiger partial charge in [0.15, 0.2) is 5.78 Å². The first-order valence-electron chi connectivity index (χ1n) is 6.84. The Hall–Kier alpha value is -1.35. The Morgan fingerprint density at radius 1 is 1.22 bits per heavy atom. The highest BCUT2D eigenvalue weighted by Gasteiger charge is 2.19. The highest BCUT2D eigenvalue weighted by molar-refractivity contribution is 5.86. The third-order valence-corrected chi connectivity index (χ3v) is 3.53. The van der Waals surface area contributed by atoms with Crippen molar-refractivity contribution >= 4 is 11.5 Å².